The number of hydrogen-bond donors (Lipinski definition) is 2. The maximum absolute atomic E-state index is 9.59. The van der Waals surface area contributed by atoms with E-state index in [1.165, 1.54) is 0 Å². The van der Waals surface area contributed by atoms with Crippen molar-refractivity contribution in [3.8, 4) is 0 Å². The molecule has 0 aliphatic heterocycles. The van der Waals surface area contributed by atoms with E-state index in [1.807, 2.05) is 0 Å². The Morgan fingerprint density at radius 2 is 1.65 bits per heavy atom. The van der Waals surface area contributed by atoms with E-state index in [0.717, 1.165) is 6.42 Å². The van der Waals surface area contributed by atoms with Crippen LogP contribution in [0.4, 0.5) is 0 Å². The second-order valence-corrected chi connectivity index (χ2v) is 6.79. The molecule has 0 saturated carbocycles. The summed E-state index contributed by atoms with van der Waals surface area (Å²) in [5.74, 6) is 0.664. The van der Waals surface area contributed by atoms with Crippen molar-refractivity contribution in [3.05, 3.63) is 0 Å². The fourth-order valence-corrected chi connectivity index (χ4v) is 2.25. The number of likely N-dealkylation sites (N-methyl/N-ethyl adjacent to an activating group) is 1. The van der Waals surface area contributed by atoms with E-state index < -0.39 is 0 Å². The third kappa shape index (κ3) is 5.36. The van der Waals surface area contributed by atoms with Crippen molar-refractivity contribution < 1.29 is 5.11 Å². The number of nitrogens with two attached hydrogens (primary N) is 1. The minimum atomic E-state index is -0.0212. The minimum absolute atomic E-state index is 0.0131. The Balaban J connectivity index is 4.65. The number of rotatable bonds is 6. The summed E-state index contributed by atoms with van der Waals surface area (Å²) < 4.78 is 0. The van der Waals surface area contributed by atoms with Gasteiger partial charge in [0.2, 0.25) is 0 Å². The molecule has 3 heteroatoms. The van der Waals surface area contributed by atoms with Crippen molar-refractivity contribution in [2.24, 2.45) is 17.1 Å². The largest absolute Gasteiger partial charge is 0.395 e. The second kappa shape index (κ2) is 6.72. The highest BCUT2D eigenvalue weighted by Crippen LogP contribution is 2.24. The van der Waals surface area contributed by atoms with Gasteiger partial charge in [-0.15, -0.1) is 0 Å². The molecule has 0 aliphatic carbocycles. The highest BCUT2D eigenvalue weighted by atomic mass is 16.3. The first-order chi connectivity index (χ1) is 7.61. The third-order valence-corrected chi connectivity index (χ3v) is 3.63. The summed E-state index contributed by atoms with van der Waals surface area (Å²) in [6.45, 7) is 13.2. The predicted molar refractivity (Wildman–Crippen MR) is 75.0 cm³/mol. The Labute approximate surface area is 107 Å². The van der Waals surface area contributed by atoms with Crippen LogP contribution < -0.4 is 5.73 Å². The summed E-state index contributed by atoms with van der Waals surface area (Å²) in [6.07, 6.45) is 1.13. The number of hydrogen-bond acceptors (Lipinski definition) is 3. The zero-order chi connectivity index (χ0) is 13.8. The van der Waals surface area contributed by atoms with E-state index in [4.69, 9.17) is 5.73 Å². The molecule has 3 atom stereocenters. The molecule has 0 heterocycles. The van der Waals surface area contributed by atoms with E-state index >= 15 is 0 Å². The highest BCUT2D eigenvalue weighted by Gasteiger charge is 2.32. The number of nitrogens with zero attached hydrogens (tertiary/aromatic N) is 1. The summed E-state index contributed by atoms with van der Waals surface area (Å²) in [7, 11) is 2.07. The van der Waals surface area contributed by atoms with Gasteiger partial charge in [-0.25, -0.2) is 0 Å². The van der Waals surface area contributed by atoms with Crippen LogP contribution in [0.3, 0.4) is 0 Å². The Morgan fingerprint density at radius 1 is 1.18 bits per heavy atom. The SMILES string of the molecule is CC(C)CC(C)N(C)C(CO)C(N)C(C)(C)C. The zero-order valence-electron chi connectivity index (χ0n) is 12.7. The first-order valence-corrected chi connectivity index (χ1v) is 6.69. The Hall–Kier alpha value is -0.120. The molecule has 0 bridgehead atoms. The van der Waals surface area contributed by atoms with Crippen LogP contribution in [-0.4, -0.2) is 41.8 Å². The van der Waals surface area contributed by atoms with E-state index in [2.05, 4.69) is 53.5 Å². The van der Waals surface area contributed by atoms with Gasteiger partial charge in [-0.05, 0) is 31.7 Å². The van der Waals surface area contributed by atoms with Crippen molar-refractivity contribution in [1.29, 1.82) is 0 Å². The monoisotopic (exact) mass is 244 g/mol. The van der Waals surface area contributed by atoms with Gasteiger partial charge in [-0.2, -0.15) is 0 Å². The van der Waals surface area contributed by atoms with Crippen molar-refractivity contribution >= 4 is 0 Å². The lowest BCUT2D eigenvalue weighted by molar-refractivity contribution is 0.0590. The second-order valence-electron chi connectivity index (χ2n) is 6.79. The van der Waals surface area contributed by atoms with Crippen molar-refractivity contribution in [1.82, 2.24) is 4.90 Å². The standard InChI is InChI=1S/C14H32N2O/c1-10(2)8-11(3)16(7)12(9-17)13(15)14(4,5)6/h10-13,17H,8-9,15H2,1-7H3. The van der Waals surface area contributed by atoms with Crippen LogP contribution in [0.2, 0.25) is 0 Å². The van der Waals surface area contributed by atoms with Crippen LogP contribution >= 0.6 is 0 Å². The molecule has 0 radical (unpaired) electrons. The van der Waals surface area contributed by atoms with Crippen LogP contribution in [0.5, 0.6) is 0 Å². The van der Waals surface area contributed by atoms with Gasteiger partial charge in [-0.1, -0.05) is 34.6 Å². The van der Waals surface area contributed by atoms with Crippen LogP contribution in [0.25, 0.3) is 0 Å². The quantitative estimate of drug-likeness (QED) is 0.752. The maximum Gasteiger partial charge on any atom is 0.0602 e. The summed E-state index contributed by atoms with van der Waals surface area (Å²) in [4.78, 5) is 2.23. The van der Waals surface area contributed by atoms with Crippen molar-refractivity contribution in [2.75, 3.05) is 13.7 Å². The Bertz CT molecular complexity index is 211. The smallest absolute Gasteiger partial charge is 0.0602 e. The third-order valence-electron chi connectivity index (χ3n) is 3.63. The molecule has 3 N–H and O–H groups in total. The van der Waals surface area contributed by atoms with Crippen LogP contribution in [0, 0.1) is 11.3 Å². The minimum Gasteiger partial charge on any atom is -0.395 e. The van der Waals surface area contributed by atoms with Gasteiger partial charge >= 0.3 is 0 Å². The molecule has 0 aromatic carbocycles. The highest BCUT2D eigenvalue weighted by molar-refractivity contribution is 4.90. The molecule has 3 nitrogen and oxygen atoms in total. The van der Waals surface area contributed by atoms with Gasteiger partial charge in [-0.3, -0.25) is 4.90 Å². The molecule has 0 rings (SSSR count). The molecular formula is C14H32N2O. The molecule has 104 valence electrons. The van der Waals surface area contributed by atoms with Gasteiger partial charge in [0.1, 0.15) is 0 Å². The first-order valence-electron chi connectivity index (χ1n) is 6.69. The summed E-state index contributed by atoms with van der Waals surface area (Å²) >= 11 is 0. The van der Waals surface area contributed by atoms with Gasteiger partial charge in [0.25, 0.3) is 0 Å². The van der Waals surface area contributed by atoms with Crippen molar-refractivity contribution in [2.45, 2.75) is 66.1 Å². The first kappa shape index (κ1) is 16.9. The Morgan fingerprint density at radius 3 is 1.94 bits per heavy atom. The lowest BCUT2D eigenvalue weighted by atomic mass is 9.82. The van der Waals surface area contributed by atoms with E-state index in [-0.39, 0.29) is 24.1 Å². The fourth-order valence-electron chi connectivity index (χ4n) is 2.25. The molecule has 17 heavy (non-hydrogen) atoms. The average Bonchev–Trinajstić information content (AvgIpc) is 2.15. The van der Waals surface area contributed by atoms with E-state index in [1.54, 1.807) is 0 Å². The summed E-state index contributed by atoms with van der Waals surface area (Å²) in [5, 5.41) is 9.59. The maximum atomic E-state index is 9.59. The Kier molecular flexibility index (Phi) is 6.67. The van der Waals surface area contributed by atoms with Crippen molar-refractivity contribution in [3.63, 3.8) is 0 Å². The number of aliphatic hydroxyl groups excluding tert-OH is 1. The normalized spacial score (nSPS) is 18.5. The van der Waals surface area contributed by atoms with Crippen LogP contribution in [0.15, 0.2) is 0 Å². The molecule has 0 saturated heterocycles. The summed E-state index contributed by atoms with van der Waals surface area (Å²) in [6, 6.07) is 0.455. The zero-order valence-corrected chi connectivity index (χ0v) is 12.7. The number of aliphatic hydroxyl groups is 1. The van der Waals surface area contributed by atoms with Crippen LogP contribution in [-0.2, 0) is 0 Å². The molecule has 0 aromatic rings. The van der Waals surface area contributed by atoms with Gasteiger partial charge in [0.05, 0.1) is 6.61 Å². The van der Waals surface area contributed by atoms with Gasteiger partial charge < -0.3 is 10.8 Å². The fraction of sp³-hybridized carbons (Fsp3) is 1.00. The average molecular weight is 244 g/mol. The van der Waals surface area contributed by atoms with Crippen LogP contribution in [0.1, 0.15) is 48.0 Å². The van der Waals surface area contributed by atoms with Gasteiger partial charge in [0.15, 0.2) is 0 Å². The predicted octanol–water partition coefficient (Wildman–Crippen LogP) is 2.09. The molecule has 0 fully saturated rings. The molecule has 0 aromatic heterocycles. The van der Waals surface area contributed by atoms with Gasteiger partial charge in [0, 0.05) is 18.1 Å². The molecule has 3 unspecified atom stereocenters. The summed E-state index contributed by atoms with van der Waals surface area (Å²) in [5.41, 5.74) is 6.29. The van der Waals surface area contributed by atoms with E-state index in [9.17, 15) is 5.11 Å². The molecule has 0 spiro atoms. The molecular weight excluding hydrogens is 212 g/mol. The topological polar surface area (TPSA) is 49.5 Å². The lowest BCUT2D eigenvalue weighted by Gasteiger charge is -2.41. The van der Waals surface area contributed by atoms with E-state index in [0.29, 0.717) is 12.0 Å². The lowest BCUT2D eigenvalue weighted by Crippen LogP contribution is -2.56. The molecule has 0 aliphatic rings. The molecule has 0 amide bonds.